The fourth-order valence-corrected chi connectivity index (χ4v) is 3.43. The van der Waals surface area contributed by atoms with Crippen molar-refractivity contribution in [3.05, 3.63) is 59.2 Å². The van der Waals surface area contributed by atoms with Gasteiger partial charge < -0.3 is 11.6 Å². The van der Waals surface area contributed by atoms with Crippen LogP contribution in [0, 0.1) is 5.92 Å². The topological polar surface area (TPSA) is 76.8 Å². The minimum absolute atomic E-state index is 0.364. The molecular formula is C29H47F3N4. The highest BCUT2D eigenvalue weighted by Gasteiger charge is 2.33. The van der Waals surface area contributed by atoms with Gasteiger partial charge in [-0.1, -0.05) is 82.9 Å². The van der Waals surface area contributed by atoms with Gasteiger partial charge in [0.15, 0.2) is 0 Å². The zero-order chi connectivity index (χ0) is 27.6. The lowest BCUT2D eigenvalue weighted by atomic mass is 9.96. The summed E-state index contributed by atoms with van der Waals surface area (Å²) in [6, 6.07) is 4.65. The molecule has 1 aromatic rings. The van der Waals surface area contributed by atoms with Gasteiger partial charge in [-0.05, 0) is 69.1 Å². The Bertz CT molecular complexity index is 851. The van der Waals surface area contributed by atoms with Crippen LogP contribution < -0.4 is 11.6 Å². The number of allylic oxidation sites excluding steroid dienone is 2. The number of alkyl halides is 3. The Kier molecular flexibility index (Phi) is 17.3. The fourth-order valence-electron chi connectivity index (χ4n) is 3.43. The lowest BCUT2D eigenvalue weighted by Gasteiger charge is -2.15. The summed E-state index contributed by atoms with van der Waals surface area (Å²) in [6.45, 7) is 14.4. The van der Waals surface area contributed by atoms with Gasteiger partial charge in [0, 0.05) is 5.71 Å². The lowest BCUT2D eigenvalue weighted by molar-refractivity contribution is -0.138. The molecule has 0 aliphatic heterocycles. The standard InChI is InChI=1S/C27H40F3N.C2H7N3/c1-6-8-10-11-12-13-14-16-24-17-18-25(19-26(24)27(28,29)30)23(5)31-20-22(4)21(3)15-9-7-2;1-2(3)5-4/h11-12,17-19,21H,4,6-10,13-16,20H2,1-3,5H3;4H2,1H3,(H2,3,5)/b12-11-,31-23?;. The number of aryl methyl sites for hydroxylation is 1. The number of hydrogen-bond donors (Lipinski definition) is 2. The van der Waals surface area contributed by atoms with Crippen molar-refractivity contribution in [2.75, 3.05) is 6.54 Å². The van der Waals surface area contributed by atoms with E-state index in [1.54, 1.807) is 26.0 Å². The van der Waals surface area contributed by atoms with Crippen molar-refractivity contribution in [1.82, 2.24) is 0 Å². The van der Waals surface area contributed by atoms with E-state index in [9.17, 15) is 13.2 Å². The first-order valence-corrected chi connectivity index (χ1v) is 13.0. The van der Waals surface area contributed by atoms with Crippen LogP contribution >= 0.6 is 0 Å². The molecule has 1 atom stereocenters. The van der Waals surface area contributed by atoms with Crippen LogP contribution in [0.15, 0.2) is 52.6 Å². The molecule has 0 bridgehead atoms. The van der Waals surface area contributed by atoms with Crippen molar-refractivity contribution in [2.45, 2.75) is 98.6 Å². The molecule has 4 N–H and O–H groups in total. The van der Waals surface area contributed by atoms with E-state index in [1.165, 1.54) is 6.07 Å². The van der Waals surface area contributed by atoms with Gasteiger partial charge >= 0.3 is 6.18 Å². The molecule has 0 saturated heterocycles. The Hall–Kier alpha value is -2.57. The summed E-state index contributed by atoms with van der Waals surface area (Å²) in [5.74, 6) is 5.42. The summed E-state index contributed by atoms with van der Waals surface area (Å²) in [5.41, 5.74) is 6.94. The van der Waals surface area contributed by atoms with Gasteiger partial charge in [0.05, 0.1) is 12.1 Å². The van der Waals surface area contributed by atoms with E-state index in [2.05, 4.69) is 55.4 Å². The van der Waals surface area contributed by atoms with Crippen molar-refractivity contribution < 1.29 is 13.2 Å². The van der Waals surface area contributed by atoms with Crippen LogP contribution in [0.25, 0.3) is 0 Å². The number of aliphatic imine (C=N–C) groups is 1. The Morgan fingerprint density at radius 3 is 2.17 bits per heavy atom. The van der Waals surface area contributed by atoms with Gasteiger partial charge in [-0.25, -0.2) is 0 Å². The number of nitrogens with zero attached hydrogens (tertiary/aromatic N) is 2. The molecule has 0 saturated carbocycles. The summed E-state index contributed by atoms with van der Waals surface area (Å²) in [4.78, 5) is 4.53. The van der Waals surface area contributed by atoms with E-state index < -0.39 is 11.7 Å². The number of nitrogens with two attached hydrogens (primary N) is 2. The van der Waals surface area contributed by atoms with Crippen molar-refractivity contribution in [3.8, 4) is 0 Å². The van der Waals surface area contributed by atoms with E-state index in [4.69, 9.17) is 5.73 Å². The number of hydrogen-bond acceptors (Lipinski definition) is 3. The van der Waals surface area contributed by atoms with Crippen molar-refractivity contribution in [3.63, 3.8) is 0 Å². The van der Waals surface area contributed by atoms with E-state index in [0.29, 0.717) is 48.0 Å². The smallest absolute Gasteiger partial charge is 0.386 e. The highest BCUT2D eigenvalue weighted by Crippen LogP contribution is 2.33. The minimum Gasteiger partial charge on any atom is -0.386 e. The molecule has 0 heterocycles. The summed E-state index contributed by atoms with van der Waals surface area (Å²) in [7, 11) is 0. The lowest BCUT2D eigenvalue weighted by Crippen LogP contribution is -2.11. The van der Waals surface area contributed by atoms with Crippen LogP contribution in [0.3, 0.4) is 0 Å². The van der Waals surface area contributed by atoms with Crippen molar-refractivity contribution in [1.29, 1.82) is 0 Å². The molecule has 0 aliphatic carbocycles. The van der Waals surface area contributed by atoms with E-state index in [-0.39, 0.29) is 0 Å². The molecule has 0 fully saturated rings. The van der Waals surface area contributed by atoms with Gasteiger partial charge in [-0.3, -0.25) is 4.99 Å². The highest BCUT2D eigenvalue weighted by atomic mass is 19.4. The Balaban J connectivity index is 0.00000222. The van der Waals surface area contributed by atoms with Crippen LogP contribution in [0.1, 0.15) is 103 Å². The maximum Gasteiger partial charge on any atom is 0.416 e. The molecule has 7 heteroatoms. The third-order valence-electron chi connectivity index (χ3n) is 5.95. The van der Waals surface area contributed by atoms with Gasteiger partial charge in [0.25, 0.3) is 0 Å². The first kappa shape index (κ1) is 33.4. The molecule has 1 rings (SSSR count). The Labute approximate surface area is 216 Å². The molecule has 204 valence electrons. The van der Waals surface area contributed by atoms with Crippen molar-refractivity contribution >= 4 is 11.5 Å². The van der Waals surface area contributed by atoms with Gasteiger partial charge in [-0.2, -0.15) is 18.3 Å². The minimum atomic E-state index is -4.36. The molecule has 0 amide bonds. The number of hydrazone groups is 1. The average molecular weight is 509 g/mol. The van der Waals surface area contributed by atoms with Crippen molar-refractivity contribution in [2.24, 2.45) is 27.6 Å². The first-order chi connectivity index (χ1) is 17.0. The summed E-state index contributed by atoms with van der Waals surface area (Å²) >= 11 is 0. The Morgan fingerprint density at radius 1 is 1.06 bits per heavy atom. The molecule has 1 unspecified atom stereocenters. The highest BCUT2D eigenvalue weighted by molar-refractivity contribution is 5.99. The third kappa shape index (κ3) is 14.7. The second-order valence-corrected chi connectivity index (χ2v) is 9.25. The van der Waals surface area contributed by atoms with Crippen LogP contribution in [-0.4, -0.2) is 18.1 Å². The monoisotopic (exact) mass is 508 g/mol. The summed E-state index contributed by atoms with van der Waals surface area (Å²) in [5, 5.41) is 3.08. The Morgan fingerprint density at radius 2 is 1.64 bits per heavy atom. The van der Waals surface area contributed by atoms with Crippen LogP contribution in [0.5, 0.6) is 0 Å². The molecular weight excluding hydrogens is 461 g/mol. The molecule has 0 radical (unpaired) electrons. The van der Waals surface area contributed by atoms with Crippen LogP contribution in [0.2, 0.25) is 0 Å². The molecule has 36 heavy (non-hydrogen) atoms. The van der Waals surface area contributed by atoms with E-state index in [1.807, 2.05) is 0 Å². The molecule has 0 spiro atoms. The van der Waals surface area contributed by atoms with Crippen LogP contribution in [-0.2, 0) is 12.6 Å². The second-order valence-electron chi connectivity index (χ2n) is 9.25. The SMILES string of the molecule is C/C(N)=N/N.C=C(CN=C(C)c1ccc(CCC/C=C\CCCC)c(C(F)(F)F)c1)C(C)CCCC. The molecule has 0 aliphatic rings. The fraction of sp³-hybridized carbons (Fsp3) is 0.586. The zero-order valence-corrected chi connectivity index (χ0v) is 22.9. The number of amidine groups is 1. The quantitative estimate of drug-likeness (QED) is 0.0663. The molecule has 1 aromatic carbocycles. The predicted octanol–water partition coefficient (Wildman–Crippen LogP) is 8.20. The number of rotatable bonds is 14. The normalized spacial score (nSPS) is 13.4. The molecule has 4 nitrogen and oxygen atoms in total. The summed E-state index contributed by atoms with van der Waals surface area (Å²) < 4.78 is 41.0. The molecule has 0 aromatic heterocycles. The number of benzene rings is 1. The average Bonchev–Trinajstić information content (AvgIpc) is 2.84. The zero-order valence-electron chi connectivity index (χ0n) is 22.9. The maximum absolute atomic E-state index is 13.7. The number of unbranched alkanes of at least 4 members (excludes halogenated alkanes) is 4. The second kappa shape index (κ2) is 18.7. The largest absolute Gasteiger partial charge is 0.416 e. The van der Waals surface area contributed by atoms with Crippen LogP contribution in [0.4, 0.5) is 13.2 Å². The third-order valence-corrected chi connectivity index (χ3v) is 5.95. The van der Waals surface area contributed by atoms with E-state index >= 15 is 0 Å². The van der Waals surface area contributed by atoms with Gasteiger partial charge in [0.2, 0.25) is 0 Å². The first-order valence-electron chi connectivity index (χ1n) is 13.0. The predicted molar refractivity (Wildman–Crippen MR) is 149 cm³/mol. The number of halogens is 3. The maximum atomic E-state index is 13.7. The van der Waals surface area contributed by atoms with E-state index in [0.717, 1.165) is 50.5 Å². The van der Waals surface area contributed by atoms with Gasteiger partial charge in [-0.15, -0.1) is 0 Å². The summed E-state index contributed by atoms with van der Waals surface area (Å²) in [6.07, 6.45) is 8.52. The van der Waals surface area contributed by atoms with Gasteiger partial charge in [0.1, 0.15) is 5.84 Å².